The fraction of sp³-hybridized carbons (Fsp3) is 0.400. The Morgan fingerprint density at radius 3 is 2.44 bits per heavy atom. The summed E-state index contributed by atoms with van der Waals surface area (Å²) < 4.78 is 0. The normalized spacial score (nSPS) is 19.8. The van der Waals surface area contributed by atoms with Gasteiger partial charge in [0, 0.05) is 12.6 Å². The van der Waals surface area contributed by atoms with Gasteiger partial charge in [-0.1, -0.05) is 0 Å². The van der Waals surface area contributed by atoms with Crippen LogP contribution in [0, 0.1) is 22.7 Å². The molecule has 0 spiro atoms. The van der Waals surface area contributed by atoms with Crippen LogP contribution >= 0.6 is 0 Å². The Labute approximate surface area is 52.4 Å². The molecular weight excluding hydrogens is 116 g/mol. The first-order valence-corrected chi connectivity index (χ1v) is 2.44. The highest BCUT2D eigenvalue weighted by molar-refractivity contribution is 5.64. The molecule has 0 radical (unpaired) electrons. The molecule has 0 aromatic heterocycles. The molecule has 1 aliphatic heterocycles. The van der Waals surface area contributed by atoms with Gasteiger partial charge in [-0.25, -0.2) is 0 Å². The van der Waals surface area contributed by atoms with Gasteiger partial charge in [0.2, 0.25) is 5.54 Å². The van der Waals surface area contributed by atoms with E-state index in [1.807, 2.05) is 12.1 Å². The molecule has 0 unspecified atom stereocenters. The molecule has 0 atom stereocenters. The van der Waals surface area contributed by atoms with E-state index in [4.69, 9.17) is 10.5 Å². The molecule has 0 amide bonds. The van der Waals surface area contributed by atoms with Gasteiger partial charge in [-0.15, -0.1) is 0 Å². The first kappa shape index (κ1) is 5.58. The number of nitriles is 2. The average molecular weight is 120 g/mol. The number of hydrazone groups is 1. The largest absolute Gasteiger partial charge is 0.277 e. The third kappa shape index (κ3) is 0.706. The second-order valence-corrected chi connectivity index (χ2v) is 1.76. The van der Waals surface area contributed by atoms with E-state index in [2.05, 4.69) is 10.5 Å². The van der Waals surface area contributed by atoms with Gasteiger partial charge in [-0.3, -0.25) is 5.43 Å². The molecule has 0 aliphatic carbocycles. The lowest BCUT2D eigenvalue weighted by Crippen LogP contribution is -2.34. The van der Waals surface area contributed by atoms with Gasteiger partial charge in [0.15, 0.2) is 0 Å². The summed E-state index contributed by atoms with van der Waals surface area (Å²) in [6.07, 6.45) is 1.90. The van der Waals surface area contributed by atoms with E-state index < -0.39 is 5.54 Å². The Balaban J connectivity index is 2.79. The molecule has 1 heterocycles. The van der Waals surface area contributed by atoms with Crippen LogP contribution in [0.25, 0.3) is 0 Å². The summed E-state index contributed by atoms with van der Waals surface area (Å²) in [5.41, 5.74) is 1.33. The molecule has 9 heavy (non-hydrogen) atoms. The molecule has 1 N–H and O–H groups in total. The molecule has 0 aromatic rings. The summed E-state index contributed by atoms with van der Waals surface area (Å²) in [5, 5.41) is 20.4. The van der Waals surface area contributed by atoms with Crippen LogP contribution in [0.2, 0.25) is 0 Å². The zero-order chi connectivity index (χ0) is 6.74. The Morgan fingerprint density at radius 1 is 1.56 bits per heavy atom. The van der Waals surface area contributed by atoms with Crippen LogP contribution in [0.1, 0.15) is 6.42 Å². The van der Waals surface area contributed by atoms with Crippen molar-refractivity contribution in [1.82, 2.24) is 5.43 Å². The molecule has 4 nitrogen and oxygen atoms in total. The lowest BCUT2D eigenvalue weighted by Gasteiger charge is -2.07. The smallest absolute Gasteiger partial charge is 0.231 e. The minimum atomic E-state index is -1.08. The zero-order valence-corrected chi connectivity index (χ0v) is 4.63. The lowest BCUT2D eigenvalue weighted by molar-refractivity contribution is 0.585. The standard InChI is InChI=1S/C5H4N4/c6-3-5(4-7)1-2-8-9-5/h2,9H,1H2. The van der Waals surface area contributed by atoms with E-state index in [1.54, 1.807) is 0 Å². The van der Waals surface area contributed by atoms with Crippen molar-refractivity contribution in [2.45, 2.75) is 12.0 Å². The van der Waals surface area contributed by atoms with Crippen molar-refractivity contribution in [3.63, 3.8) is 0 Å². The topological polar surface area (TPSA) is 72.0 Å². The van der Waals surface area contributed by atoms with Crippen molar-refractivity contribution in [2.24, 2.45) is 5.10 Å². The highest BCUT2D eigenvalue weighted by Crippen LogP contribution is 2.09. The van der Waals surface area contributed by atoms with E-state index >= 15 is 0 Å². The molecular formula is C5H4N4. The fourth-order valence-electron chi connectivity index (χ4n) is 0.550. The van der Waals surface area contributed by atoms with Gasteiger partial charge in [-0.2, -0.15) is 15.6 Å². The van der Waals surface area contributed by atoms with Crippen LogP contribution in [0.4, 0.5) is 0 Å². The number of nitrogens with zero attached hydrogens (tertiary/aromatic N) is 3. The van der Waals surface area contributed by atoms with Crippen LogP contribution in [0.3, 0.4) is 0 Å². The summed E-state index contributed by atoms with van der Waals surface area (Å²) in [6, 6.07) is 3.66. The predicted molar refractivity (Wildman–Crippen MR) is 30.2 cm³/mol. The molecule has 1 rings (SSSR count). The highest BCUT2D eigenvalue weighted by Gasteiger charge is 2.31. The summed E-state index contributed by atoms with van der Waals surface area (Å²) >= 11 is 0. The Kier molecular flexibility index (Phi) is 1.09. The van der Waals surface area contributed by atoms with E-state index in [9.17, 15) is 0 Å². The molecule has 4 heteroatoms. The maximum atomic E-state index is 8.40. The lowest BCUT2D eigenvalue weighted by atomic mass is 10.0. The molecule has 1 aliphatic rings. The minimum Gasteiger partial charge on any atom is -0.277 e. The fourth-order valence-corrected chi connectivity index (χ4v) is 0.550. The quantitative estimate of drug-likeness (QED) is 0.479. The van der Waals surface area contributed by atoms with E-state index in [0.717, 1.165) is 0 Å². The monoisotopic (exact) mass is 120 g/mol. The maximum absolute atomic E-state index is 8.40. The highest BCUT2D eigenvalue weighted by atomic mass is 15.3. The van der Waals surface area contributed by atoms with Crippen LogP contribution in [-0.4, -0.2) is 11.8 Å². The summed E-state index contributed by atoms with van der Waals surface area (Å²) in [5.74, 6) is 0. The zero-order valence-electron chi connectivity index (χ0n) is 4.63. The van der Waals surface area contributed by atoms with E-state index in [-0.39, 0.29) is 0 Å². The average Bonchev–Trinajstić information content (AvgIpc) is 2.36. The van der Waals surface area contributed by atoms with Crippen molar-refractivity contribution in [3.8, 4) is 12.1 Å². The van der Waals surface area contributed by atoms with Crippen molar-refractivity contribution >= 4 is 6.21 Å². The second kappa shape index (κ2) is 1.75. The third-order valence-electron chi connectivity index (χ3n) is 1.13. The van der Waals surface area contributed by atoms with Gasteiger partial charge in [0.05, 0.1) is 0 Å². The number of nitrogens with one attached hydrogen (secondary N) is 1. The number of rotatable bonds is 0. The van der Waals surface area contributed by atoms with Gasteiger partial charge < -0.3 is 0 Å². The van der Waals surface area contributed by atoms with Crippen LogP contribution in [-0.2, 0) is 0 Å². The first-order valence-electron chi connectivity index (χ1n) is 2.44. The number of hydrogen-bond acceptors (Lipinski definition) is 4. The van der Waals surface area contributed by atoms with E-state index in [0.29, 0.717) is 6.42 Å². The summed E-state index contributed by atoms with van der Waals surface area (Å²) in [6.45, 7) is 0. The first-order chi connectivity index (χ1) is 4.33. The Bertz CT molecular complexity index is 192. The van der Waals surface area contributed by atoms with E-state index in [1.165, 1.54) is 6.21 Å². The van der Waals surface area contributed by atoms with Crippen LogP contribution < -0.4 is 5.43 Å². The van der Waals surface area contributed by atoms with Gasteiger partial charge >= 0.3 is 0 Å². The minimum absolute atomic E-state index is 0.375. The van der Waals surface area contributed by atoms with Gasteiger partial charge in [0.1, 0.15) is 12.1 Å². The maximum Gasteiger partial charge on any atom is 0.231 e. The summed E-state index contributed by atoms with van der Waals surface area (Å²) in [4.78, 5) is 0. The summed E-state index contributed by atoms with van der Waals surface area (Å²) in [7, 11) is 0. The van der Waals surface area contributed by atoms with Crippen molar-refractivity contribution < 1.29 is 0 Å². The predicted octanol–water partition coefficient (Wildman–Crippen LogP) is -0.249. The second-order valence-electron chi connectivity index (χ2n) is 1.76. The number of hydrogen-bond donors (Lipinski definition) is 1. The molecule has 0 fully saturated rings. The van der Waals surface area contributed by atoms with Crippen LogP contribution in [0.15, 0.2) is 5.10 Å². The molecule has 0 saturated heterocycles. The molecule has 0 bridgehead atoms. The van der Waals surface area contributed by atoms with Gasteiger partial charge in [0.25, 0.3) is 0 Å². The Morgan fingerprint density at radius 2 is 2.22 bits per heavy atom. The third-order valence-corrected chi connectivity index (χ3v) is 1.13. The van der Waals surface area contributed by atoms with Crippen LogP contribution in [0.5, 0.6) is 0 Å². The SMILES string of the molecule is N#CC1(C#N)CC=NN1. The Hall–Kier alpha value is -1.55. The van der Waals surface area contributed by atoms with Crippen molar-refractivity contribution in [1.29, 1.82) is 10.5 Å². The molecule has 44 valence electrons. The van der Waals surface area contributed by atoms with Crippen molar-refractivity contribution in [3.05, 3.63) is 0 Å². The molecule has 0 saturated carbocycles. The van der Waals surface area contributed by atoms with Crippen molar-refractivity contribution in [2.75, 3.05) is 0 Å². The van der Waals surface area contributed by atoms with Gasteiger partial charge in [-0.05, 0) is 0 Å². The molecule has 0 aromatic carbocycles.